The van der Waals surface area contributed by atoms with Gasteiger partial charge in [-0.05, 0) is 45.6 Å². The van der Waals surface area contributed by atoms with Gasteiger partial charge in [0.2, 0.25) is 11.8 Å². The first kappa shape index (κ1) is 17.0. The van der Waals surface area contributed by atoms with Crippen LogP contribution in [-0.2, 0) is 16.1 Å². The molecule has 3 rings (SSSR count). The molecular weight excluding hydrogens is 304 g/mol. The van der Waals surface area contributed by atoms with E-state index in [1.807, 2.05) is 26.7 Å². The minimum absolute atomic E-state index is 0.175. The SMILES string of the molecule is CC(C)N1CCC[C@@]2(CCN(C(=O)CCCn3cccn3)C2)C1=O. The van der Waals surface area contributed by atoms with Crippen molar-refractivity contribution in [1.29, 1.82) is 0 Å². The number of rotatable bonds is 5. The molecule has 2 aliphatic heterocycles. The molecule has 6 heteroatoms. The maximum absolute atomic E-state index is 12.9. The van der Waals surface area contributed by atoms with Gasteiger partial charge in [0.25, 0.3) is 0 Å². The second kappa shape index (κ2) is 6.95. The number of carbonyl (C=O) groups is 2. The van der Waals surface area contributed by atoms with Crippen molar-refractivity contribution in [3.8, 4) is 0 Å². The summed E-state index contributed by atoms with van der Waals surface area (Å²) < 4.78 is 1.85. The number of aryl methyl sites for hydroxylation is 1. The molecule has 2 aliphatic rings. The van der Waals surface area contributed by atoms with E-state index in [2.05, 4.69) is 18.9 Å². The summed E-state index contributed by atoms with van der Waals surface area (Å²) in [6, 6.07) is 2.13. The molecule has 132 valence electrons. The summed E-state index contributed by atoms with van der Waals surface area (Å²) in [5.74, 6) is 0.434. The summed E-state index contributed by atoms with van der Waals surface area (Å²) in [7, 11) is 0. The highest BCUT2D eigenvalue weighted by molar-refractivity contribution is 5.86. The molecule has 2 saturated heterocycles. The standard InChI is InChI=1S/C18H28N4O2/c1-15(2)22-12-4-7-18(17(22)24)8-13-20(14-18)16(23)6-3-10-21-11-5-9-19-21/h5,9,11,15H,3-4,6-8,10,12-14H2,1-2H3/t18-/m0/s1. The molecule has 0 radical (unpaired) electrons. The molecule has 0 bridgehead atoms. The van der Waals surface area contributed by atoms with Crippen molar-refractivity contribution < 1.29 is 9.59 Å². The predicted molar refractivity (Wildman–Crippen MR) is 91.2 cm³/mol. The van der Waals surface area contributed by atoms with Crippen LogP contribution in [0.15, 0.2) is 18.5 Å². The Bertz CT molecular complexity index is 584. The molecule has 6 nitrogen and oxygen atoms in total. The first-order valence-electron chi connectivity index (χ1n) is 9.08. The average Bonchev–Trinajstić information content (AvgIpc) is 3.20. The maximum atomic E-state index is 12.9. The summed E-state index contributed by atoms with van der Waals surface area (Å²) in [5.41, 5.74) is -0.319. The topological polar surface area (TPSA) is 58.4 Å². The molecule has 3 heterocycles. The van der Waals surface area contributed by atoms with E-state index >= 15 is 0 Å². The molecule has 1 atom stereocenters. The first-order chi connectivity index (χ1) is 11.5. The van der Waals surface area contributed by atoms with Gasteiger partial charge in [-0.3, -0.25) is 14.3 Å². The van der Waals surface area contributed by atoms with Gasteiger partial charge >= 0.3 is 0 Å². The fourth-order valence-electron chi connectivity index (χ4n) is 4.04. The lowest BCUT2D eigenvalue weighted by Gasteiger charge is -2.41. The molecule has 1 spiro atoms. The maximum Gasteiger partial charge on any atom is 0.230 e. The van der Waals surface area contributed by atoms with Crippen molar-refractivity contribution in [2.45, 2.75) is 58.5 Å². The Labute approximate surface area is 143 Å². The third kappa shape index (κ3) is 3.32. The van der Waals surface area contributed by atoms with Crippen molar-refractivity contribution in [1.82, 2.24) is 19.6 Å². The Balaban J connectivity index is 1.54. The predicted octanol–water partition coefficient (Wildman–Crippen LogP) is 1.91. The molecule has 2 fully saturated rings. The van der Waals surface area contributed by atoms with E-state index in [1.54, 1.807) is 6.20 Å². The lowest BCUT2D eigenvalue weighted by molar-refractivity contribution is -0.148. The number of carbonyl (C=O) groups excluding carboxylic acids is 2. The Morgan fingerprint density at radius 2 is 2.17 bits per heavy atom. The molecule has 24 heavy (non-hydrogen) atoms. The van der Waals surface area contributed by atoms with Gasteiger partial charge in [0, 0.05) is 51.0 Å². The van der Waals surface area contributed by atoms with Gasteiger partial charge in [0.1, 0.15) is 0 Å². The second-order valence-corrected chi connectivity index (χ2v) is 7.41. The number of piperidine rings is 1. The zero-order chi connectivity index (χ0) is 17.2. The van der Waals surface area contributed by atoms with E-state index in [0.29, 0.717) is 13.0 Å². The van der Waals surface area contributed by atoms with Crippen LogP contribution in [0.2, 0.25) is 0 Å². The number of amides is 2. The molecule has 1 aromatic rings. The van der Waals surface area contributed by atoms with Gasteiger partial charge < -0.3 is 9.80 Å². The third-order valence-corrected chi connectivity index (χ3v) is 5.44. The van der Waals surface area contributed by atoms with E-state index in [9.17, 15) is 9.59 Å². The summed E-state index contributed by atoms with van der Waals surface area (Å²) in [5, 5.41) is 4.16. The van der Waals surface area contributed by atoms with Crippen LogP contribution in [0.25, 0.3) is 0 Å². The van der Waals surface area contributed by atoms with Crippen LogP contribution in [0.1, 0.15) is 46.0 Å². The molecule has 2 amide bonds. The largest absolute Gasteiger partial charge is 0.342 e. The fourth-order valence-corrected chi connectivity index (χ4v) is 4.04. The molecule has 0 aromatic carbocycles. The Kier molecular flexibility index (Phi) is 4.92. The van der Waals surface area contributed by atoms with Crippen molar-refractivity contribution >= 4 is 11.8 Å². The molecule has 0 unspecified atom stereocenters. The zero-order valence-electron chi connectivity index (χ0n) is 14.8. The summed E-state index contributed by atoms with van der Waals surface area (Å²) in [6.45, 7) is 7.09. The van der Waals surface area contributed by atoms with Crippen LogP contribution >= 0.6 is 0 Å². The third-order valence-electron chi connectivity index (χ3n) is 5.44. The fraction of sp³-hybridized carbons (Fsp3) is 0.722. The Morgan fingerprint density at radius 1 is 1.33 bits per heavy atom. The monoisotopic (exact) mass is 332 g/mol. The van der Waals surface area contributed by atoms with Crippen molar-refractivity contribution in [2.75, 3.05) is 19.6 Å². The van der Waals surface area contributed by atoms with Gasteiger partial charge in [0.05, 0.1) is 5.41 Å². The highest BCUT2D eigenvalue weighted by Crippen LogP contribution is 2.40. The van der Waals surface area contributed by atoms with Crippen LogP contribution in [0.3, 0.4) is 0 Å². The number of likely N-dealkylation sites (tertiary alicyclic amines) is 2. The first-order valence-corrected chi connectivity index (χ1v) is 9.08. The number of nitrogens with zero attached hydrogens (tertiary/aromatic N) is 4. The van der Waals surface area contributed by atoms with Gasteiger partial charge in [-0.15, -0.1) is 0 Å². The normalized spacial score (nSPS) is 24.4. The van der Waals surface area contributed by atoms with Crippen molar-refractivity contribution in [3.63, 3.8) is 0 Å². The Hall–Kier alpha value is -1.85. The highest BCUT2D eigenvalue weighted by Gasteiger charge is 2.49. The lowest BCUT2D eigenvalue weighted by Crippen LogP contribution is -2.52. The van der Waals surface area contributed by atoms with Crippen molar-refractivity contribution in [2.24, 2.45) is 5.41 Å². The van der Waals surface area contributed by atoms with Crippen LogP contribution < -0.4 is 0 Å². The second-order valence-electron chi connectivity index (χ2n) is 7.41. The minimum atomic E-state index is -0.319. The van der Waals surface area contributed by atoms with Crippen molar-refractivity contribution in [3.05, 3.63) is 18.5 Å². The minimum Gasteiger partial charge on any atom is -0.342 e. The molecule has 1 aromatic heterocycles. The van der Waals surface area contributed by atoms with Gasteiger partial charge in [-0.2, -0.15) is 5.10 Å². The van der Waals surface area contributed by atoms with E-state index in [1.165, 1.54) is 0 Å². The summed E-state index contributed by atoms with van der Waals surface area (Å²) in [6.07, 6.45) is 7.77. The number of hydrogen-bond donors (Lipinski definition) is 0. The summed E-state index contributed by atoms with van der Waals surface area (Å²) >= 11 is 0. The quantitative estimate of drug-likeness (QED) is 0.828. The molecular formula is C18H28N4O2. The number of hydrogen-bond acceptors (Lipinski definition) is 3. The van der Waals surface area contributed by atoms with E-state index in [4.69, 9.17) is 0 Å². The van der Waals surface area contributed by atoms with Gasteiger partial charge in [0.15, 0.2) is 0 Å². The zero-order valence-corrected chi connectivity index (χ0v) is 14.8. The van der Waals surface area contributed by atoms with E-state index in [0.717, 1.165) is 45.3 Å². The highest BCUT2D eigenvalue weighted by atomic mass is 16.2. The van der Waals surface area contributed by atoms with Crippen LogP contribution in [-0.4, -0.2) is 57.1 Å². The lowest BCUT2D eigenvalue weighted by atomic mass is 9.78. The smallest absolute Gasteiger partial charge is 0.230 e. The van der Waals surface area contributed by atoms with E-state index in [-0.39, 0.29) is 23.3 Å². The molecule has 0 aliphatic carbocycles. The molecule has 0 N–H and O–H groups in total. The van der Waals surface area contributed by atoms with Crippen LogP contribution in [0.4, 0.5) is 0 Å². The van der Waals surface area contributed by atoms with Crippen LogP contribution in [0.5, 0.6) is 0 Å². The molecule has 0 saturated carbocycles. The summed E-state index contributed by atoms with van der Waals surface area (Å²) in [4.78, 5) is 29.3. The van der Waals surface area contributed by atoms with E-state index < -0.39 is 0 Å². The average molecular weight is 332 g/mol. The van der Waals surface area contributed by atoms with Crippen LogP contribution in [0, 0.1) is 5.41 Å². The van der Waals surface area contributed by atoms with Gasteiger partial charge in [-0.1, -0.05) is 0 Å². The Morgan fingerprint density at radius 3 is 2.88 bits per heavy atom. The van der Waals surface area contributed by atoms with Gasteiger partial charge in [-0.25, -0.2) is 0 Å². The number of aromatic nitrogens is 2.